The van der Waals surface area contributed by atoms with Gasteiger partial charge in [-0.15, -0.1) is 0 Å². The second-order valence-corrected chi connectivity index (χ2v) is 8.21. The van der Waals surface area contributed by atoms with Crippen molar-refractivity contribution in [3.8, 4) is 6.07 Å². The molecule has 0 aliphatic heterocycles. The zero-order valence-electron chi connectivity index (χ0n) is 15.2. The summed E-state index contributed by atoms with van der Waals surface area (Å²) in [5, 5.41) is 11.3. The zero-order chi connectivity index (χ0) is 19.9. The van der Waals surface area contributed by atoms with E-state index in [4.69, 9.17) is 5.26 Å². The molecular formula is C17H23N3O5S. The summed E-state index contributed by atoms with van der Waals surface area (Å²) in [6.07, 6.45) is 0.379. The average molecular weight is 381 g/mol. The third-order valence-electron chi connectivity index (χ3n) is 3.59. The van der Waals surface area contributed by atoms with E-state index in [1.807, 2.05) is 19.9 Å². The Morgan fingerprint density at radius 3 is 2.31 bits per heavy atom. The molecule has 0 bridgehead atoms. The van der Waals surface area contributed by atoms with Gasteiger partial charge in [-0.05, 0) is 36.6 Å². The number of sulfonamides is 1. The first-order valence-corrected chi connectivity index (χ1v) is 9.39. The summed E-state index contributed by atoms with van der Waals surface area (Å²) in [6, 6.07) is 6.45. The molecule has 9 heteroatoms. The minimum Gasteiger partial charge on any atom is -0.467 e. The standard InChI is InChI=1S/C17H23N3O5S/c1-12(2)9-15(17(22)25-4)19-16(21)11-20(3)26(23,24)14-7-5-13(10-18)6-8-14/h5-8,12,15H,9,11H2,1-4H3,(H,19,21). The highest BCUT2D eigenvalue weighted by Gasteiger charge is 2.26. The fourth-order valence-electron chi connectivity index (χ4n) is 2.24. The fourth-order valence-corrected chi connectivity index (χ4v) is 3.36. The number of methoxy groups -OCH3 is 1. The number of benzene rings is 1. The van der Waals surface area contributed by atoms with Crippen molar-refractivity contribution in [2.24, 2.45) is 5.92 Å². The van der Waals surface area contributed by atoms with Crippen molar-refractivity contribution >= 4 is 21.9 Å². The predicted molar refractivity (Wildman–Crippen MR) is 94.4 cm³/mol. The van der Waals surface area contributed by atoms with E-state index in [1.165, 1.54) is 38.4 Å². The van der Waals surface area contributed by atoms with Crippen LogP contribution in [0.4, 0.5) is 0 Å². The van der Waals surface area contributed by atoms with Gasteiger partial charge >= 0.3 is 5.97 Å². The van der Waals surface area contributed by atoms with Gasteiger partial charge in [0, 0.05) is 7.05 Å². The van der Waals surface area contributed by atoms with E-state index in [1.54, 1.807) is 0 Å². The molecule has 8 nitrogen and oxygen atoms in total. The van der Waals surface area contributed by atoms with E-state index in [2.05, 4.69) is 10.1 Å². The second-order valence-electron chi connectivity index (χ2n) is 6.17. The summed E-state index contributed by atoms with van der Waals surface area (Å²) in [5.41, 5.74) is 0.332. The lowest BCUT2D eigenvalue weighted by molar-refractivity contribution is -0.145. The number of hydrogen-bond donors (Lipinski definition) is 1. The molecule has 26 heavy (non-hydrogen) atoms. The van der Waals surface area contributed by atoms with Crippen LogP contribution >= 0.6 is 0 Å². The van der Waals surface area contributed by atoms with Gasteiger partial charge in [0.15, 0.2) is 0 Å². The van der Waals surface area contributed by atoms with Crippen molar-refractivity contribution in [1.29, 1.82) is 5.26 Å². The van der Waals surface area contributed by atoms with Gasteiger partial charge in [-0.1, -0.05) is 13.8 Å². The lowest BCUT2D eigenvalue weighted by Gasteiger charge is -2.21. The molecular weight excluding hydrogens is 358 g/mol. The topological polar surface area (TPSA) is 117 Å². The number of nitriles is 1. The van der Waals surface area contributed by atoms with E-state index < -0.39 is 34.5 Å². The van der Waals surface area contributed by atoms with Crippen LogP contribution in [-0.4, -0.2) is 51.3 Å². The van der Waals surface area contributed by atoms with Crippen molar-refractivity contribution in [2.45, 2.75) is 31.2 Å². The molecule has 0 aromatic heterocycles. The number of ether oxygens (including phenoxy) is 1. The van der Waals surface area contributed by atoms with Gasteiger partial charge in [0.05, 0.1) is 30.2 Å². The Kier molecular flexibility index (Phi) is 7.74. The van der Waals surface area contributed by atoms with E-state index in [0.717, 1.165) is 4.31 Å². The molecule has 0 saturated heterocycles. The first-order valence-electron chi connectivity index (χ1n) is 7.95. The van der Waals surface area contributed by atoms with E-state index in [-0.39, 0.29) is 10.8 Å². The molecule has 0 radical (unpaired) electrons. The largest absolute Gasteiger partial charge is 0.467 e. The summed E-state index contributed by atoms with van der Waals surface area (Å²) in [7, 11) is -1.40. The molecule has 1 amide bonds. The maximum atomic E-state index is 12.5. The molecule has 0 fully saturated rings. The van der Waals surface area contributed by atoms with E-state index in [0.29, 0.717) is 12.0 Å². The van der Waals surface area contributed by atoms with Gasteiger partial charge in [0.1, 0.15) is 6.04 Å². The maximum Gasteiger partial charge on any atom is 0.328 e. The van der Waals surface area contributed by atoms with Crippen LogP contribution in [0, 0.1) is 17.2 Å². The molecule has 1 aromatic rings. The SMILES string of the molecule is COC(=O)C(CC(C)C)NC(=O)CN(C)S(=O)(=O)c1ccc(C#N)cc1. The first-order chi connectivity index (χ1) is 12.1. The Morgan fingerprint density at radius 2 is 1.85 bits per heavy atom. The van der Waals surface area contributed by atoms with Gasteiger partial charge in [0.25, 0.3) is 0 Å². The number of carbonyl (C=O) groups is 2. The van der Waals surface area contributed by atoms with Crippen LogP contribution in [0.5, 0.6) is 0 Å². The maximum absolute atomic E-state index is 12.5. The normalized spacial score (nSPS) is 12.5. The molecule has 0 saturated carbocycles. The predicted octanol–water partition coefficient (Wildman–Crippen LogP) is 0.883. The molecule has 0 aliphatic carbocycles. The summed E-state index contributed by atoms with van der Waals surface area (Å²) < 4.78 is 30.5. The number of rotatable bonds is 8. The summed E-state index contributed by atoms with van der Waals surface area (Å²) in [6.45, 7) is 3.33. The summed E-state index contributed by atoms with van der Waals surface area (Å²) >= 11 is 0. The van der Waals surface area contributed by atoms with Gasteiger partial charge in [-0.2, -0.15) is 9.57 Å². The van der Waals surface area contributed by atoms with Crippen molar-refractivity contribution < 1.29 is 22.7 Å². The third-order valence-corrected chi connectivity index (χ3v) is 5.40. The highest BCUT2D eigenvalue weighted by Crippen LogP contribution is 2.15. The minimum atomic E-state index is -3.90. The van der Waals surface area contributed by atoms with Gasteiger partial charge in [-0.25, -0.2) is 13.2 Å². The lowest BCUT2D eigenvalue weighted by Crippen LogP contribution is -2.46. The molecule has 0 heterocycles. The molecule has 1 atom stereocenters. The molecule has 1 N–H and O–H groups in total. The number of carbonyl (C=O) groups excluding carboxylic acids is 2. The van der Waals surface area contributed by atoms with Crippen molar-refractivity contribution in [3.05, 3.63) is 29.8 Å². The number of likely N-dealkylation sites (N-methyl/N-ethyl adjacent to an activating group) is 1. The van der Waals surface area contributed by atoms with Crippen LogP contribution in [0.25, 0.3) is 0 Å². The van der Waals surface area contributed by atoms with Crippen LogP contribution < -0.4 is 5.32 Å². The van der Waals surface area contributed by atoms with Crippen molar-refractivity contribution in [2.75, 3.05) is 20.7 Å². The van der Waals surface area contributed by atoms with Crippen LogP contribution in [-0.2, 0) is 24.3 Å². The number of amides is 1. The Labute approximate surface area is 153 Å². The number of nitrogens with one attached hydrogen (secondary N) is 1. The molecule has 0 spiro atoms. The highest BCUT2D eigenvalue weighted by molar-refractivity contribution is 7.89. The smallest absolute Gasteiger partial charge is 0.328 e. The van der Waals surface area contributed by atoms with Gasteiger partial charge < -0.3 is 10.1 Å². The molecule has 1 aromatic carbocycles. The number of esters is 1. The quantitative estimate of drug-likeness (QED) is 0.668. The van der Waals surface area contributed by atoms with E-state index in [9.17, 15) is 18.0 Å². The molecule has 1 unspecified atom stereocenters. The van der Waals surface area contributed by atoms with Crippen molar-refractivity contribution in [3.63, 3.8) is 0 Å². The summed E-state index contributed by atoms with van der Waals surface area (Å²) in [4.78, 5) is 23.9. The Hall–Kier alpha value is -2.44. The Bertz CT molecular complexity index is 782. The van der Waals surface area contributed by atoms with E-state index >= 15 is 0 Å². The Morgan fingerprint density at radius 1 is 1.27 bits per heavy atom. The third kappa shape index (κ3) is 5.82. The number of nitrogens with zero attached hydrogens (tertiary/aromatic N) is 2. The van der Waals surface area contributed by atoms with Crippen molar-refractivity contribution in [1.82, 2.24) is 9.62 Å². The second kappa shape index (κ2) is 9.31. The van der Waals surface area contributed by atoms with Gasteiger partial charge in [-0.3, -0.25) is 4.79 Å². The first kappa shape index (κ1) is 21.6. The fraction of sp³-hybridized carbons (Fsp3) is 0.471. The zero-order valence-corrected chi connectivity index (χ0v) is 16.0. The molecule has 1 rings (SSSR count). The van der Waals surface area contributed by atoms with Gasteiger partial charge in [0.2, 0.25) is 15.9 Å². The average Bonchev–Trinajstić information content (AvgIpc) is 2.59. The minimum absolute atomic E-state index is 0.0292. The Balaban J connectivity index is 2.83. The molecule has 142 valence electrons. The van der Waals surface area contributed by atoms with Crippen LogP contribution in [0.2, 0.25) is 0 Å². The number of hydrogen-bond acceptors (Lipinski definition) is 6. The lowest BCUT2D eigenvalue weighted by atomic mass is 10.0. The highest BCUT2D eigenvalue weighted by atomic mass is 32.2. The van der Waals surface area contributed by atoms with Crippen LogP contribution in [0.15, 0.2) is 29.2 Å². The summed E-state index contributed by atoms with van der Waals surface area (Å²) in [5.74, 6) is -1.05. The molecule has 0 aliphatic rings. The van der Waals surface area contributed by atoms with Crippen LogP contribution in [0.3, 0.4) is 0 Å². The van der Waals surface area contributed by atoms with Crippen LogP contribution in [0.1, 0.15) is 25.8 Å². The monoisotopic (exact) mass is 381 g/mol.